The summed E-state index contributed by atoms with van der Waals surface area (Å²) in [7, 11) is 0. The maximum Gasteiger partial charge on any atom is 0.164 e. The van der Waals surface area contributed by atoms with E-state index in [4.69, 9.17) is 9.47 Å². The van der Waals surface area contributed by atoms with Crippen molar-refractivity contribution < 1.29 is 9.47 Å². The molecule has 3 aliphatic carbocycles. The van der Waals surface area contributed by atoms with Crippen LogP contribution in [0.15, 0.2) is 0 Å². The molecule has 0 amide bonds. The van der Waals surface area contributed by atoms with Gasteiger partial charge in [-0.05, 0) is 56.1 Å². The fraction of sp³-hybridized carbons (Fsp3) is 1.00. The van der Waals surface area contributed by atoms with Crippen LogP contribution in [0.2, 0.25) is 0 Å². The van der Waals surface area contributed by atoms with Crippen LogP contribution in [0.5, 0.6) is 0 Å². The van der Waals surface area contributed by atoms with Crippen molar-refractivity contribution in [2.75, 3.05) is 5.75 Å². The minimum absolute atomic E-state index is 0.0660. The third-order valence-corrected chi connectivity index (χ3v) is 5.69. The summed E-state index contributed by atoms with van der Waals surface area (Å²) >= 11 is 4.44. The molecule has 1 saturated heterocycles. The summed E-state index contributed by atoms with van der Waals surface area (Å²) in [6, 6.07) is 0. The van der Waals surface area contributed by atoms with Crippen LogP contribution < -0.4 is 0 Å². The Morgan fingerprint density at radius 2 is 1.88 bits per heavy atom. The zero-order valence-corrected chi connectivity index (χ0v) is 12.2. The lowest BCUT2D eigenvalue weighted by atomic mass is 9.43. The fourth-order valence-corrected chi connectivity index (χ4v) is 4.95. The maximum atomic E-state index is 6.40. The molecule has 4 fully saturated rings. The lowest BCUT2D eigenvalue weighted by Gasteiger charge is -2.64. The first kappa shape index (κ1) is 12.3. The molecule has 0 spiro atoms. The molecular formula is C14H24O2S. The topological polar surface area (TPSA) is 18.5 Å². The first-order valence-electron chi connectivity index (χ1n) is 6.81. The molecule has 0 N–H and O–H groups in total. The number of thiol groups is 1. The zero-order valence-electron chi connectivity index (χ0n) is 11.3. The second-order valence-electron chi connectivity index (χ2n) is 7.08. The molecular weight excluding hydrogens is 232 g/mol. The molecule has 0 unspecified atom stereocenters. The number of ether oxygens (including phenoxy) is 2. The Labute approximate surface area is 110 Å². The molecule has 0 aromatic carbocycles. The van der Waals surface area contributed by atoms with Crippen molar-refractivity contribution in [2.24, 2.45) is 17.3 Å². The molecule has 4 atom stereocenters. The summed E-state index contributed by atoms with van der Waals surface area (Å²) in [5.74, 6) is 1.93. The Morgan fingerprint density at radius 1 is 1.18 bits per heavy atom. The Hall–Kier alpha value is 0.270. The summed E-state index contributed by atoms with van der Waals surface area (Å²) in [6.45, 7) is 8.90. The van der Waals surface area contributed by atoms with E-state index in [0.29, 0.717) is 17.4 Å². The summed E-state index contributed by atoms with van der Waals surface area (Å²) in [4.78, 5) is 0. The highest BCUT2D eigenvalue weighted by Gasteiger charge is 2.70. The van der Waals surface area contributed by atoms with Crippen molar-refractivity contribution in [3.63, 3.8) is 0 Å². The molecule has 1 heterocycles. The first-order valence-corrected chi connectivity index (χ1v) is 7.44. The summed E-state index contributed by atoms with van der Waals surface area (Å²) in [5, 5.41) is 0. The first-order chi connectivity index (χ1) is 7.82. The molecule has 2 nitrogen and oxygen atoms in total. The Kier molecular flexibility index (Phi) is 2.48. The van der Waals surface area contributed by atoms with Gasteiger partial charge in [-0.1, -0.05) is 13.8 Å². The Bertz CT molecular complexity index is 339. The van der Waals surface area contributed by atoms with Gasteiger partial charge in [-0.15, -0.1) is 0 Å². The van der Waals surface area contributed by atoms with Crippen molar-refractivity contribution in [3.8, 4) is 0 Å². The average molecular weight is 256 g/mol. The smallest absolute Gasteiger partial charge is 0.164 e. The minimum atomic E-state index is -0.416. The van der Waals surface area contributed by atoms with Gasteiger partial charge in [0.2, 0.25) is 0 Å². The molecule has 4 aliphatic rings. The minimum Gasteiger partial charge on any atom is -0.344 e. The van der Waals surface area contributed by atoms with E-state index in [2.05, 4.69) is 40.3 Å². The van der Waals surface area contributed by atoms with Crippen molar-refractivity contribution in [2.45, 2.75) is 64.4 Å². The summed E-state index contributed by atoms with van der Waals surface area (Å²) in [6.07, 6.45) is 3.80. The number of rotatable bonds is 2. The Balaban J connectivity index is 1.96. The van der Waals surface area contributed by atoms with E-state index in [1.807, 2.05) is 0 Å². The standard InChI is InChI=1S/C14H24O2S/c1-12(2)9-7-10(12)14(5-6-17)11(8-9)15-13(3,4)16-14/h9-11,17H,5-8H2,1-4H3/t9-,10-,11+,14-/m1/s1. The third-order valence-electron chi connectivity index (χ3n) is 5.47. The molecule has 0 aromatic heterocycles. The van der Waals surface area contributed by atoms with Gasteiger partial charge >= 0.3 is 0 Å². The van der Waals surface area contributed by atoms with Gasteiger partial charge < -0.3 is 9.47 Å². The van der Waals surface area contributed by atoms with Crippen molar-refractivity contribution in [1.29, 1.82) is 0 Å². The van der Waals surface area contributed by atoms with Crippen molar-refractivity contribution in [1.82, 2.24) is 0 Å². The van der Waals surface area contributed by atoms with Gasteiger partial charge in [0.05, 0.1) is 6.10 Å². The summed E-state index contributed by atoms with van der Waals surface area (Å²) in [5.41, 5.74) is 0.354. The quantitative estimate of drug-likeness (QED) is 0.764. The molecule has 4 rings (SSSR count). The predicted octanol–water partition coefficient (Wildman–Crippen LogP) is 3.26. The van der Waals surface area contributed by atoms with Gasteiger partial charge in [0.15, 0.2) is 5.79 Å². The predicted molar refractivity (Wildman–Crippen MR) is 71.2 cm³/mol. The lowest BCUT2D eigenvalue weighted by Crippen LogP contribution is -2.66. The van der Waals surface area contributed by atoms with Gasteiger partial charge in [0, 0.05) is 0 Å². The second kappa shape index (κ2) is 3.43. The van der Waals surface area contributed by atoms with Gasteiger partial charge in [0.1, 0.15) is 5.60 Å². The van der Waals surface area contributed by atoms with Gasteiger partial charge in [-0.3, -0.25) is 0 Å². The largest absolute Gasteiger partial charge is 0.344 e. The van der Waals surface area contributed by atoms with E-state index in [9.17, 15) is 0 Å². The molecule has 0 radical (unpaired) electrons. The lowest BCUT2D eigenvalue weighted by molar-refractivity contribution is -0.229. The molecule has 0 aromatic rings. The normalized spacial score (nSPS) is 49.6. The van der Waals surface area contributed by atoms with Crippen LogP contribution in [-0.2, 0) is 9.47 Å². The number of hydrogen-bond donors (Lipinski definition) is 1. The number of hydrogen-bond acceptors (Lipinski definition) is 3. The van der Waals surface area contributed by atoms with Crippen molar-refractivity contribution >= 4 is 12.6 Å². The molecule has 3 heteroatoms. The highest BCUT2D eigenvalue weighted by molar-refractivity contribution is 7.80. The van der Waals surface area contributed by atoms with Crippen molar-refractivity contribution in [3.05, 3.63) is 0 Å². The molecule has 3 saturated carbocycles. The summed E-state index contributed by atoms with van der Waals surface area (Å²) < 4.78 is 12.5. The van der Waals surface area contributed by atoms with Gasteiger partial charge in [0.25, 0.3) is 0 Å². The van der Waals surface area contributed by atoms with Crippen LogP contribution in [0, 0.1) is 17.3 Å². The molecule has 1 aliphatic heterocycles. The third kappa shape index (κ3) is 1.48. The highest BCUT2D eigenvalue weighted by Crippen LogP contribution is 2.67. The molecule has 2 bridgehead atoms. The second-order valence-corrected chi connectivity index (χ2v) is 7.53. The van der Waals surface area contributed by atoms with E-state index in [-0.39, 0.29) is 5.60 Å². The average Bonchev–Trinajstić information content (AvgIpc) is 2.47. The van der Waals surface area contributed by atoms with Crippen LogP contribution in [0.1, 0.15) is 47.0 Å². The van der Waals surface area contributed by atoms with E-state index in [1.54, 1.807) is 0 Å². The van der Waals surface area contributed by atoms with Crippen LogP contribution in [0.25, 0.3) is 0 Å². The molecule has 98 valence electrons. The highest BCUT2D eigenvalue weighted by atomic mass is 32.1. The van der Waals surface area contributed by atoms with E-state index in [1.165, 1.54) is 12.8 Å². The SMILES string of the molecule is CC1(C)O[C@H]2C[C@H]3C[C@H](C3(C)C)[C@@]2(CCS)O1. The molecule has 17 heavy (non-hydrogen) atoms. The monoisotopic (exact) mass is 256 g/mol. The van der Waals surface area contributed by atoms with Gasteiger partial charge in [-0.25, -0.2) is 0 Å². The van der Waals surface area contributed by atoms with E-state index >= 15 is 0 Å². The maximum absolute atomic E-state index is 6.40. The van der Waals surface area contributed by atoms with Crippen LogP contribution in [-0.4, -0.2) is 23.2 Å². The van der Waals surface area contributed by atoms with E-state index in [0.717, 1.165) is 18.1 Å². The zero-order chi connectivity index (χ0) is 12.5. The van der Waals surface area contributed by atoms with Crippen LogP contribution >= 0.6 is 12.6 Å². The van der Waals surface area contributed by atoms with Gasteiger partial charge in [-0.2, -0.15) is 12.6 Å². The van der Waals surface area contributed by atoms with Crippen LogP contribution in [0.3, 0.4) is 0 Å². The Morgan fingerprint density at radius 3 is 2.47 bits per heavy atom. The van der Waals surface area contributed by atoms with E-state index < -0.39 is 5.79 Å². The van der Waals surface area contributed by atoms with Crippen LogP contribution in [0.4, 0.5) is 0 Å². The fourth-order valence-electron chi connectivity index (χ4n) is 4.60.